The summed E-state index contributed by atoms with van der Waals surface area (Å²) < 4.78 is 5.22. The Hall–Kier alpha value is -2.29. The monoisotopic (exact) mass is 383 g/mol. The van der Waals surface area contributed by atoms with E-state index in [0.29, 0.717) is 0 Å². The number of carboxylic acids is 1. The molecule has 144 valence electrons. The van der Waals surface area contributed by atoms with Gasteiger partial charge in [-0.2, -0.15) is 0 Å². The minimum atomic E-state index is -1.39. The first-order valence-electron chi connectivity index (χ1n) is 8.43. The molecule has 0 bridgehead atoms. The number of Topliss-reactive ketones (excluding diaryl/α,β-unsaturated/α-hetero) is 1. The molecule has 1 N–H and O–H groups in total. The molecule has 2 amide bonds. The zero-order valence-electron chi connectivity index (χ0n) is 15.3. The van der Waals surface area contributed by atoms with Gasteiger partial charge in [-0.15, -0.1) is 0 Å². The number of amides is 2. The third-order valence-electron chi connectivity index (χ3n) is 3.85. The van der Waals surface area contributed by atoms with Gasteiger partial charge >= 0.3 is 11.9 Å². The zero-order chi connectivity index (χ0) is 19.9. The lowest BCUT2D eigenvalue weighted by Gasteiger charge is -2.19. The van der Waals surface area contributed by atoms with Crippen molar-refractivity contribution in [2.75, 3.05) is 13.2 Å². The molecule has 9 heteroatoms. The summed E-state index contributed by atoms with van der Waals surface area (Å²) in [6.07, 6.45) is 1.57. The molecular formula is C17H25NO7Si. The number of hydrogen-bond acceptors (Lipinski definition) is 6. The molecular weight excluding hydrogens is 358 g/mol. The van der Waals surface area contributed by atoms with Crippen molar-refractivity contribution in [3.05, 3.63) is 12.2 Å². The lowest BCUT2D eigenvalue weighted by molar-refractivity contribution is -0.150. The van der Waals surface area contributed by atoms with E-state index in [1.165, 1.54) is 0 Å². The number of nitrogens with zero attached hydrogens (tertiary/aromatic N) is 1. The highest BCUT2D eigenvalue weighted by molar-refractivity contribution is 6.76. The third kappa shape index (κ3) is 7.73. The zero-order valence-corrected chi connectivity index (χ0v) is 16.3. The number of ketones is 1. The van der Waals surface area contributed by atoms with Crippen molar-refractivity contribution in [1.29, 1.82) is 0 Å². The van der Waals surface area contributed by atoms with E-state index >= 15 is 0 Å². The van der Waals surface area contributed by atoms with Crippen LogP contribution in [0.1, 0.15) is 19.3 Å². The average molecular weight is 383 g/mol. The normalized spacial score (nSPS) is 15.3. The van der Waals surface area contributed by atoms with E-state index in [9.17, 15) is 24.0 Å². The van der Waals surface area contributed by atoms with Gasteiger partial charge in [-0.3, -0.25) is 28.9 Å². The van der Waals surface area contributed by atoms with Crippen LogP contribution in [0.15, 0.2) is 12.2 Å². The Morgan fingerprint density at radius 3 is 2.23 bits per heavy atom. The van der Waals surface area contributed by atoms with Gasteiger partial charge in [0.2, 0.25) is 0 Å². The van der Waals surface area contributed by atoms with Gasteiger partial charge in [-0.25, -0.2) is 0 Å². The van der Waals surface area contributed by atoms with Crippen molar-refractivity contribution in [3.8, 4) is 0 Å². The first kappa shape index (κ1) is 21.7. The van der Waals surface area contributed by atoms with Crippen molar-refractivity contribution in [2.45, 2.75) is 44.9 Å². The summed E-state index contributed by atoms with van der Waals surface area (Å²) in [4.78, 5) is 58.9. The van der Waals surface area contributed by atoms with E-state index in [1.807, 2.05) is 0 Å². The minimum Gasteiger partial charge on any atom is -0.481 e. The van der Waals surface area contributed by atoms with E-state index in [4.69, 9.17) is 9.84 Å². The van der Waals surface area contributed by atoms with Gasteiger partial charge < -0.3 is 9.84 Å². The maximum atomic E-state index is 12.2. The van der Waals surface area contributed by atoms with Crippen molar-refractivity contribution in [2.24, 2.45) is 5.92 Å². The minimum absolute atomic E-state index is 0.0347. The van der Waals surface area contributed by atoms with Crippen LogP contribution in [0.25, 0.3) is 0 Å². The van der Waals surface area contributed by atoms with Crippen LogP contribution in [0.3, 0.4) is 0 Å². The van der Waals surface area contributed by atoms with Crippen LogP contribution in [0, 0.1) is 5.92 Å². The number of carboxylic acid groups (broad SMARTS) is 1. The molecule has 0 fully saturated rings. The van der Waals surface area contributed by atoms with Crippen LogP contribution in [0.4, 0.5) is 0 Å². The molecule has 0 saturated heterocycles. The predicted molar refractivity (Wildman–Crippen MR) is 95.0 cm³/mol. The Morgan fingerprint density at radius 1 is 1.15 bits per heavy atom. The number of imide groups is 1. The topological polar surface area (TPSA) is 118 Å². The summed E-state index contributed by atoms with van der Waals surface area (Å²) in [5.41, 5.74) is 0. The second-order valence-electron chi connectivity index (χ2n) is 7.45. The van der Waals surface area contributed by atoms with Gasteiger partial charge in [0.1, 0.15) is 0 Å². The summed E-state index contributed by atoms with van der Waals surface area (Å²) in [7, 11) is -1.39. The van der Waals surface area contributed by atoms with Crippen molar-refractivity contribution in [3.63, 3.8) is 0 Å². The fraction of sp³-hybridized carbons (Fsp3) is 0.588. The number of ether oxygens (including phenoxy) is 1. The number of carbonyl (C=O) groups excluding carboxylic acids is 4. The van der Waals surface area contributed by atoms with Crippen LogP contribution >= 0.6 is 0 Å². The maximum absolute atomic E-state index is 12.2. The highest BCUT2D eigenvalue weighted by atomic mass is 28.3. The summed E-state index contributed by atoms with van der Waals surface area (Å²) in [6.45, 7) is 6.19. The largest absolute Gasteiger partial charge is 0.481 e. The second kappa shape index (κ2) is 9.42. The quantitative estimate of drug-likeness (QED) is 0.324. The fourth-order valence-corrected chi connectivity index (χ4v) is 2.99. The molecule has 0 aromatic carbocycles. The molecule has 8 nitrogen and oxygen atoms in total. The van der Waals surface area contributed by atoms with Gasteiger partial charge in [-0.05, 0) is 12.5 Å². The van der Waals surface area contributed by atoms with Gasteiger partial charge in [0.05, 0.1) is 19.1 Å². The Morgan fingerprint density at radius 2 is 1.73 bits per heavy atom. The van der Waals surface area contributed by atoms with E-state index in [1.54, 1.807) is 0 Å². The van der Waals surface area contributed by atoms with Crippen molar-refractivity contribution < 1.29 is 33.8 Å². The lowest BCUT2D eigenvalue weighted by Crippen LogP contribution is -2.36. The van der Waals surface area contributed by atoms with Crippen LogP contribution in [-0.2, 0) is 28.7 Å². The molecule has 0 saturated carbocycles. The highest BCUT2D eigenvalue weighted by Crippen LogP contribution is 2.17. The van der Waals surface area contributed by atoms with Gasteiger partial charge in [0.25, 0.3) is 11.8 Å². The van der Waals surface area contributed by atoms with E-state index in [-0.39, 0.29) is 25.9 Å². The fourth-order valence-electron chi connectivity index (χ4n) is 2.28. The smallest absolute Gasteiger partial charge is 0.309 e. The van der Waals surface area contributed by atoms with E-state index in [0.717, 1.165) is 23.1 Å². The third-order valence-corrected chi connectivity index (χ3v) is 5.55. The van der Waals surface area contributed by atoms with Gasteiger partial charge in [-0.1, -0.05) is 19.6 Å². The molecule has 1 aliphatic rings. The van der Waals surface area contributed by atoms with Crippen LogP contribution < -0.4 is 0 Å². The van der Waals surface area contributed by atoms with Crippen LogP contribution in [0.5, 0.6) is 0 Å². The summed E-state index contributed by atoms with van der Waals surface area (Å²) >= 11 is 0. The maximum Gasteiger partial charge on any atom is 0.309 e. The van der Waals surface area contributed by atoms with Crippen LogP contribution in [0.2, 0.25) is 25.7 Å². The van der Waals surface area contributed by atoms with Gasteiger partial charge in [0.15, 0.2) is 5.78 Å². The Bertz CT molecular complexity index is 603. The molecule has 1 rings (SSSR count). The summed E-state index contributed by atoms with van der Waals surface area (Å²) in [5, 5.41) is 8.82. The van der Waals surface area contributed by atoms with Crippen molar-refractivity contribution >= 4 is 37.6 Å². The molecule has 0 aliphatic carbocycles. The van der Waals surface area contributed by atoms with E-state index in [2.05, 4.69) is 19.6 Å². The lowest BCUT2D eigenvalue weighted by atomic mass is 9.97. The first-order chi connectivity index (χ1) is 12.0. The predicted octanol–water partition coefficient (Wildman–Crippen LogP) is 1.23. The second-order valence-corrected chi connectivity index (χ2v) is 13.1. The van der Waals surface area contributed by atoms with Crippen molar-refractivity contribution in [1.82, 2.24) is 4.90 Å². The summed E-state index contributed by atoms with van der Waals surface area (Å²) in [6, 6.07) is 0.765. The Balaban J connectivity index is 2.62. The molecule has 0 radical (unpaired) electrons. The molecule has 0 spiro atoms. The van der Waals surface area contributed by atoms with E-state index < -0.39 is 50.1 Å². The molecule has 1 aliphatic heterocycles. The summed E-state index contributed by atoms with van der Waals surface area (Å²) in [5.74, 6) is -4.25. The number of rotatable bonds is 11. The molecule has 26 heavy (non-hydrogen) atoms. The molecule has 0 aromatic rings. The average Bonchev–Trinajstić information content (AvgIpc) is 2.81. The Labute approximate surface area is 153 Å². The Kier molecular flexibility index (Phi) is 7.88. The number of aliphatic carboxylic acids is 1. The standard InChI is InChI=1S/C17H25NO7Si/c1-26(2,3)9-8-25-17(24)12(4-7-16(22)23)10-13(19)11-18-14(20)5-6-15(18)21/h5-6,12H,4,7-11H2,1-3H3,(H,22,23)/t12-/m1/s1. The number of esters is 1. The molecule has 1 atom stereocenters. The SMILES string of the molecule is C[Si](C)(C)CCOC(=O)[C@H](CCC(=O)O)CC(=O)CN1C(=O)C=CC1=O. The molecule has 0 aromatic heterocycles. The number of carbonyl (C=O) groups is 5. The first-order valence-corrected chi connectivity index (χ1v) is 12.1. The van der Waals surface area contributed by atoms with Crippen LogP contribution in [-0.4, -0.2) is 60.8 Å². The number of hydrogen-bond donors (Lipinski definition) is 1. The molecule has 0 unspecified atom stereocenters. The highest BCUT2D eigenvalue weighted by Gasteiger charge is 2.29. The molecule has 1 heterocycles. The van der Waals surface area contributed by atoms with Gasteiger partial charge in [0, 0.05) is 33.1 Å².